The minimum Gasteiger partial charge on any atom is -0.457 e. The van der Waals surface area contributed by atoms with E-state index >= 15 is 0 Å². The second kappa shape index (κ2) is 9.23. The molecule has 4 rings (SSSR count). The van der Waals surface area contributed by atoms with Gasteiger partial charge >= 0.3 is 6.18 Å². The average Bonchev–Trinajstić information content (AvgIpc) is 3.20. The number of imidazole rings is 1. The number of sulfone groups is 1. The van der Waals surface area contributed by atoms with Crippen LogP contribution in [0.4, 0.5) is 13.2 Å². The molecule has 0 amide bonds. The largest absolute Gasteiger partial charge is 0.457 e. The van der Waals surface area contributed by atoms with Gasteiger partial charge in [0.2, 0.25) is 5.60 Å². The molecule has 1 aromatic heterocycles. The fraction of sp³-hybridized carbons (Fsp3) is 0.240. The normalized spacial score (nSPS) is 14.1. The number of aliphatic hydroxyl groups excluding tert-OH is 1. The van der Waals surface area contributed by atoms with Gasteiger partial charge in [-0.2, -0.15) is 13.2 Å². The summed E-state index contributed by atoms with van der Waals surface area (Å²) in [4.78, 5) is 4.20. The molecular formula is C25H23F3N2O5S. The Morgan fingerprint density at radius 1 is 1.00 bits per heavy atom. The van der Waals surface area contributed by atoms with Crippen LogP contribution in [0.3, 0.4) is 0 Å². The van der Waals surface area contributed by atoms with Gasteiger partial charge in [-0.25, -0.2) is 13.4 Å². The van der Waals surface area contributed by atoms with Crippen molar-refractivity contribution in [1.29, 1.82) is 0 Å². The molecule has 36 heavy (non-hydrogen) atoms. The van der Waals surface area contributed by atoms with Crippen LogP contribution >= 0.6 is 0 Å². The Labute approximate surface area is 205 Å². The monoisotopic (exact) mass is 520 g/mol. The number of alkyl halides is 3. The number of hydrogen-bond donors (Lipinski definition) is 2. The highest BCUT2D eigenvalue weighted by molar-refractivity contribution is 7.90. The van der Waals surface area contributed by atoms with E-state index in [1.807, 2.05) is 0 Å². The summed E-state index contributed by atoms with van der Waals surface area (Å²) in [6, 6.07) is 15.1. The number of hydrogen-bond acceptors (Lipinski definition) is 6. The van der Waals surface area contributed by atoms with Gasteiger partial charge in [-0.1, -0.05) is 30.3 Å². The third-order valence-electron chi connectivity index (χ3n) is 5.79. The van der Waals surface area contributed by atoms with Crippen molar-refractivity contribution in [2.75, 3.05) is 6.26 Å². The first-order valence-corrected chi connectivity index (χ1v) is 12.8. The number of halogens is 3. The minimum atomic E-state index is -5.10. The highest BCUT2D eigenvalue weighted by atomic mass is 32.2. The Hall–Kier alpha value is -3.41. The molecule has 11 heteroatoms. The van der Waals surface area contributed by atoms with Crippen molar-refractivity contribution in [3.63, 3.8) is 0 Å². The van der Waals surface area contributed by atoms with Crippen molar-refractivity contribution in [3.05, 3.63) is 83.7 Å². The molecule has 0 aliphatic heterocycles. The zero-order chi connectivity index (χ0) is 26.3. The van der Waals surface area contributed by atoms with E-state index in [9.17, 15) is 31.8 Å². The maximum absolute atomic E-state index is 14.4. The summed E-state index contributed by atoms with van der Waals surface area (Å²) in [5.41, 5.74) is -2.96. The number of nitrogens with zero attached hydrogens (tertiary/aromatic N) is 2. The smallest absolute Gasteiger partial charge is 0.428 e. The van der Waals surface area contributed by atoms with Crippen molar-refractivity contribution in [2.45, 2.75) is 36.7 Å². The topological polar surface area (TPSA) is 102 Å². The van der Waals surface area contributed by atoms with Gasteiger partial charge < -0.3 is 19.5 Å². The second-order valence-corrected chi connectivity index (χ2v) is 10.3. The molecule has 0 aliphatic carbocycles. The molecule has 4 aromatic rings. The van der Waals surface area contributed by atoms with Gasteiger partial charge in [0.25, 0.3) is 0 Å². The Morgan fingerprint density at radius 3 is 2.25 bits per heavy atom. The summed E-state index contributed by atoms with van der Waals surface area (Å²) in [6.45, 7) is 1.33. The molecule has 0 radical (unpaired) electrons. The highest BCUT2D eigenvalue weighted by Gasteiger charge is 2.59. The number of rotatable bonds is 7. The first-order chi connectivity index (χ1) is 16.9. The van der Waals surface area contributed by atoms with Gasteiger partial charge in [0, 0.05) is 24.4 Å². The van der Waals surface area contributed by atoms with E-state index in [0.29, 0.717) is 11.1 Å². The molecular weight excluding hydrogens is 497 g/mol. The quantitative estimate of drug-likeness (QED) is 0.371. The van der Waals surface area contributed by atoms with E-state index in [1.165, 1.54) is 53.1 Å². The number of ether oxygens (including phenoxy) is 1. The van der Waals surface area contributed by atoms with Gasteiger partial charge in [0.15, 0.2) is 15.7 Å². The van der Waals surface area contributed by atoms with Gasteiger partial charge in [0.1, 0.15) is 11.5 Å². The molecule has 7 nitrogen and oxygen atoms in total. The van der Waals surface area contributed by atoms with E-state index in [1.54, 1.807) is 13.0 Å². The van der Waals surface area contributed by atoms with E-state index in [0.717, 1.165) is 18.4 Å². The van der Waals surface area contributed by atoms with E-state index < -0.39 is 33.0 Å². The van der Waals surface area contributed by atoms with Gasteiger partial charge in [-0.3, -0.25) is 0 Å². The standard InChI is InChI=1S/C25H23F3N2O5S/c1-3-30-22-14-19(35-18-5-4-6-20(13-18)36(2,33)34)11-12-21(22)29-23(30)24(32,25(26,27)28)17-9-7-16(15-31)8-10-17/h4-14,31-32H,3,15H2,1-2H3. The maximum Gasteiger partial charge on any atom is 0.428 e. The fourth-order valence-electron chi connectivity index (χ4n) is 3.94. The van der Waals surface area contributed by atoms with Crippen LogP contribution < -0.4 is 4.74 Å². The van der Waals surface area contributed by atoms with Crippen molar-refractivity contribution >= 4 is 20.9 Å². The zero-order valence-corrected chi connectivity index (χ0v) is 20.1. The molecule has 0 aliphatic rings. The van der Waals surface area contributed by atoms with E-state index in [-0.39, 0.29) is 35.1 Å². The van der Waals surface area contributed by atoms with Crippen molar-refractivity contribution in [1.82, 2.24) is 9.55 Å². The number of aliphatic hydroxyl groups is 2. The molecule has 0 saturated carbocycles. The minimum absolute atomic E-state index is 0.0597. The van der Waals surface area contributed by atoms with Crippen LogP contribution in [0, 0.1) is 0 Å². The maximum atomic E-state index is 14.4. The van der Waals surface area contributed by atoms with Crippen LogP contribution in [-0.2, 0) is 28.6 Å². The molecule has 1 heterocycles. The van der Waals surface area contributed by atoms with E-state index in [2.05, 4.69) is 4.98 Å². The molecule has 2 N–H and O–H groups in total. The van der Waals surface area contributed by atoms with Crippen LogP contribution in [0.2, 0.25) is 0 Å². The summed E-state index contributed by atoms with van der Waals surface area (Å²) in [6.07, 6.45) is -4.04. The van der Waals surface area contributed by atoms with Crippen LogP contribution in [0.1, 0.15) is 23.9 Å². The lowest BCUT2D eigenvalue weighted by Gasteiger charge is -2.31. The summed E-state index contributed by atoms with van der Waals surface area (Å²) in [5.74, 6) is -0.131. The summed E-state index contributed by atoms with van der Waals surface area (Å²) in [5, 5.41) is 20.3. The lowest BCUT2D eigenvalue weighted by Crippen LogP contribution is -2.45. The van der Waals surface area contributed by atoms with Crippen LogP contribution in [0.15, 0.2) is 71.6 Å². The predicted octanol–water partition coefficient (Wildman–Crippen LogP) is 4.54. The number of fused-ring (bicyclic) bond motifs is 1. The third kappa shape index (κ3) is 4.57. The van der Waals surface area contributed by atoms with Crippen LogP contribution in [0.25, 0.3) is 11.0 Å². The van der Waals surface area contributed by atoms with Crippen molar-refractivity contribution in [2.24, 2.45) is 0 Å². The second-order valence-electron chi connectivity index (χ2n) is 8.24. The summed E-state index contributed by atoms with van der Waals surface area (Å²) < 4.78 is 73.8. The molecule has 1 atom stereocenters. The summed E-state index contributed by atoms with van der Waals surface area (Å²) in [7, 11) is -3.46. The third-order valence-corrected chi connectivity index (χ3v) is 6.90. The molecule has 0 saturated heterocycles. The van der Waals surface area contributed by atoms with E-state index in [4.69, 9.17) is 4.74 Å². The van der Waals surface area contributed by atoms with Crippen LogP contribution in [0.5, 0.6) is 11.5 Å². The molecule has 0 spiro atoms. The Balaban J connectivity index is 1.83. The molecule has 190 valence electrons. The number of benzene rings is 3. The SMILES string of the molecule is CCn1c(C(O)(c2ccc(CO)cc2)C(F)(F)F)nc2ccc(Oc3cccc(S(C)(=O)=O)c3)cc21. The average molecular weight is 521 g/mol. The molecule has 0 fully saturated rings. The number of aromatic nitrogens is 2. The summed E-state index contributed by atoms with van der Waals surface area (Å²) >= 11 is 0. The van der Waals surface area contributed by atoms with Gasteiger partial charge in [-0.15, -0.1) is 0 Å². The molecule has 0 bridgehead atoms. The highest BCUT2D eigenvalue weighted by Crippen LogP contribution is 2.45. The number of aryl methyl sites for hydroxylation is 1. The lowest BCUT2D eigenvalue weighted by molar-refractivity contribution is -0.252. The van der Waals surface area contributed by atoms with Crippen LogP contribution in [-0.4, -0.2) is 40.6 Å². The molecule has 3 aromatic carbocycles. The fourth-order valence-corrected chi connectivity index (χ4v) is 4.59. The molecule has 1 unspecified atom stereocenters. The van der Waals surface area contributed by atoms with Gasteiger partial charge in [-0.05, 0) is 42.8 Å². The predicted molar refractivity (Wildman–Crippen MR) is 126 cm³/mol. The van der Waals surface area contributed by atoms with Crippen molar-refractivity contribution in [3.8, 4) is 11.5 Å². The Kier molecular flexibility index (Phi) is 6.58. The lowest BCUT2D eigenvalue weighted by atomic mass is 9.91. The first-order valence-electron chi connectivity index (χ1n) is 10.9. The Morgan fingerprint density at radius 2 is 1.67 bits per heavy atom. The Bertz CT molecular complexity index is 1520. The van der Waals surface area contributed by atoms with Gasteiger partial charge in [0.05, 0.1) is 22.5 Å². The first kappa shape index (κ1) is 25.7. The van der Waals surface area contributed by atoms with Crippen molar-refractivity contribution < 1.29 is 36.5 Å². The zero-order valence-electron chi connectivity index (χ0n) is 19.3.